The van der Waals surface area contributed by atoms with Crippen LogP contribution in [0.3, 0.4) is 0 Å². The molecule has 0 unspecified atom stereocenters. The van der Waals surface area contributed by atoms with Gasteiger partial charge in [0.1, 0.15) is 17.3 Å². The van der Waals surface area contributed by atoms with Crippen molar-refractivity contribution in [3.05, 3.63) is 59.2 Å². The van der Waals surface area contributed by atoms with Crippen molar-refractivity contribution in [3.8, 4) is 11.5 Å². The molecule has 0 aliphatic carbocycles. The van der Waals surface area contributed by atoms with Gasteiger partial charge >= 0.3 is 0 Å². The Morgan fingerprint density at radius 2 is 1.97 bits per heavy atom. The second-order valence-corrected chi connectivity index (χ2v) is 8.90. The van der Waals surface area contributed by atoms with E-state index in [1.807, 2.05) is 30.0 Å². The van der Waals surface area contributed by atoms with E-state index >= 15 is 0 Å². The molecule has 0 N–H and O–H groups in total. The fraction of sp³-hybridized carbons (Fsp3) is 0.407. The van der Waals surface area contributed by atoms with Gasteiger partial charge in [0.15, 0.2) is 0 Å². The number of rotatable bonds is 8. The topological polar surface area (TPSA) is 64.1 Å². The summed E-state index contributed by atoms with van der Waals surface area (Å²) >= 11 is 0. The Hall–Kier alpha value is -3.32. The molecule has 7 nitrogen and oxygen atoms in total. The van der Waals surface area contributed by atoms with Gasteiger partial charge in [-0.2, -0.15) is 0 Å². The van der Waals surface area contributed by atoms with E-state index in [0.717, 1.165) is 47.3 Å². The van der Waals surface area contributed by atoms with Crippen molar-refractivity contribution in [3.63, 3.8) is 0 Å². The van der Waals surface area contributed by atoms with Gasteiger partial charge in [0.05, 0.1) is 31.4 Å². The van der Waals surface area contributed by atoms with E-state index in [2.05, 4.69) is 25.1 Å². The van der Waals surface area contributed by atoms with Gasteiger partial charge in [0.25, 0.3) is 5.91 Å². The second-order valence-electron chi connectivity index (χ2n) is 8.90. The fourth-order valence-corrected chi connectivity index (χ4v) is 4.49. The second kappa shape index (κ2) is 10.3. The Kier molecular flexibility index (Phi) is 7.22. The first-order chi connectivity index (χ1) is 16.4. The number of amides is 1. The zero-order valence-electron chi connectivity index (χ0n) is 20.6. The highest BCUT2D eigenvalue weighted by Crippen LogP contribution is 2.30. The lowest BCUT2D eigenvalue weighted by Gasteiger charge is -2.28. The first-order valence-electron chi connectivity index (χ1n) is 11.6. The van der Waals surface area contributed by atoms with Gasteiger partial charge in [-0.05, 0) is 49.6 Å². The Bertz CT molecular complexity index is 1170. The van der Waals surface area contributed by atoms with Crippen molar-refractivity contribution in [1.82, 2.24) is 9.88 Å². The number of hydrogen-bond acceptors (Lipinski definition) is 6. The summed E-state index contributed by atoms with van der Waals surface area (Å²) in [6, 6.07) is 13.6. The molecule has 2 aromatic carbocycles. The number of aromatic nitrogens is 1. The van der Waals surface area contributed by atoms with E-state index in [0.29, 0.717) is 30.2 Å². The van der Waals surface area contributed by atoms with Crippen LogP contribution in [-0.2, 0) is 11.3 Å². The summed E-state index contributed by atoms with van der Waals surface area (Å²) in [6.45, 7) is 3.70. The SMILES string of the molecule is COc1ccc(OC)c(C(=O)N(Cc2cc3cccc(C)c3nc2N(C)C)C[C@H]2CCCO2)c1. The van der Waals surface area contributed by atoms with Crippen LogP contribution in [0, 0.1) is 6.92 Å². The summed E-state index contributed by atoms with van der Waals surface area (Å²) in [5.41, 5.74) is 3.55. The summed E-state index contributed by atoms with van der Waals surface area (Å²) in [6.07, 6.45) is 1.96. The largest absolute Gasteiger partial charge is 0.497 e. The molecule has 0 radical (unpaired) electrons. The summed E-state index contributed by atoms with van der Waals surface area (Å²) < 4.78 is 16.8. The van der Waals surface area contributed by atoms with E-state index in [1.54, 1.807) is 32.4 Å². The lowest BCUT2D eigenvalue weighted by atomic mass is 10.1. The maximum atomic E-state index is 13.9. The minimum absolute atomic E-state index is 0.0130. The van der Waals surface area contributed by atoms with Gasteiger partial charge in [-0.15, -0.1) is 0 Å². The Morgan fingerprint density at radius 1 is 1.15 bits per heavy atom. The summed E-state index contributed by atoms with van der Waals surface area (Å²) in [7, 11) is 7.12. The molecule has 7 heteroatoms. The lowest BCUT2D eigenvalue weighted by molar-refractivity contribution is 0.0505. The Labute approximate surface area is 201 Å². The Balaban J connectivity index is 1.76. The smallest absolute Gasteiger partial charge is 0.258 e. The van der Waals surface area contributed by atoms with Crippen LogP contribution in [-0.4, -0.2) is 63.4 Å². The van der Waals surface area contributed by atoms with Gasteiger partial charge in [0.2, 0.25) is 0 Å². The average Bonchev–Trinajstić information content (AvgIpc) is 3.35. The predicted molar refractivity (Wildman–Crippen MR) is 134 cm³/mol. The lowest BCUT2D eigenvalue weighted by Crippen LogP contribution is -2.37. The molecule has 0 saturated carbocycles. The molecular weight excluding hydrogens is 430 g/mol. The highest BCUT2D eigenvalue weighted by Gasteiger charge is 2.27. The number of benzene rings is 2. The first kappa shape index (κ1) is 23.8. The number of methoxy groups -OCH3 is 2. The predicted octanol–water partition coefficient (Wildman–Crippen LogP) is 4.45. The molecule has 1 saturated heterocycles. The highest BCUT2D eigenvalue weighted by molar-refractivity contribution is 5.97. The zero-order valence-corrected chi connectivity index (χ0v) is 20.6. The third-order valence-corrected chi connectivity index (χ3v) is 6.26. The Morgan fingerprint density at radius 3 is 2.65 bits per heavy atom. The van der Waals surface area contributed by atoms with Crippen LogP contribution in [0.5, 0.6) is 11.5 Å². The number of anilines is 1. The number of pyridine rings is 1. The number of ether oxygens (including phenoxy) is 3. The number of para-hydroxylation sites is 1. The molecule has 1 amide bonds. The molecule has 0 bridgehead atoms. The van der Waals surface area contributed by atoms with Gasteiger partial charge in [0, 0.05) is 44.7 Å². The van der Waals surface area contributed by atoms with E-state index in [4.69, 9.17) is 19.2 Å². The summed E-state index contributed by atoms with van der Waals surface area (Å²) in [5.74, 6) is 1.85. The van der Waals surface area contributed by atoms with Crippen LogP contribution in [0.25, 0.3) is 10.9 Å². The van der Waals surface area contributed by atoms with Gasteiger partial charge in [-0.25, -0.2) is 4.98 Å². The van der Waals surface area contributed by atoms with E-state index in [-0.39, 0.29) is 12.0 Å². The molecule has 2 heterocycles. The zero-order chi connectivity index (χ0) is 24.2. The highest BCUT2D eigenvalue weighted by atomic mass is 16.5. The third kappa shape index (κ3) is 4.94. The number of fused-ring (bicyclic) bond motifs is 1. The third-order valence-electron chi connectivity index (χ3n) is 6.26. The maximum absolute atomic E-state index is 13.9. The van der Waals surface area contributed by atoms with Crippen LogP contribution in [0.2, 0.25) is 0 Å². The maximum Gasteiger partial charge on any atom is 0.258 e. The van der Waals surface area contributed by atoms with Crippen LogP contribution < -0.4 is 14.4 Å². The molecule has 1 aromatic heterocycles. The van der Waals surface area contributed by atoms with Crippen molar-refractivity contribution < 1.29 is 19.0 Å². The molecule has 4 rings (SSSR count). The molecular formula is C27H33N3O4. The minimum atomic E-state index is -0.125. The van der Waals surface area contributed by atoms with Gasteiger partial charge in [-0.1, -0.05) is 18.2 Å². The summed E-state index contributed by atoms with van der Waals surface area (Å²) in [5, 5.41) is 1.06. The van der Waals surface area contributed by atoms with Crippen LogP contribution >= 0.6 is 0 Å². The van der Waals surface area contributed by atoms with Crippen LogP contribution in [0.4, 0.5) is 5.82 Å². The minimum Gasteiger partial charge on any atom is -0.497 e. The van der Waals surface area contributed by atoms with Crippen molar-refractivity contribution in [2.24, 2.45) is 0 Å². The molecule has 1 atom stereocenters. The number of hydrogen-bond donors (Lipinski definition) is 0. The van der Waals surface area contributed by atoms with Crippen LogP contribution in [0.1, 0.15) is 34.3 Å². The molecule has 0 spiro atoms. The van der Waals surface area contributed by atoms with E-state index in [9.17, 15) is 4.79 Å². The van der Waals surface area contributed by atoms with Crippen LogP contribution in [0.15, 0.2) is 42.5 Å². The number of carbonyl (C=O) groups excluding carboxylic acids is 1. The van der Waals surface area contributed by atoms with Crippen molar-refractivity contribution in [1.29, 1.82) is 0 Å². The molecule has 3 aromatic rings. The quantitative estimate of drug-likeness (QED) is 0.492. The van der Waals surface area contributed by atoms with Crippen molar-refractivity contribution >= 4 is 22.6 Å². The molecule has 34 heavy (non-hydrogen) atoms. The van der Waals surface area contributed by atoms with Gasteiger partial charge in [-0.3, -0.25) is 4.79 Å². The molecule has 1 fully saturated rings. The molecule has 180 valence electrons. The number of nitrogens with zero attached hydrogens (tertiary/aromatic N) is 3. The molecule has 1 aliphatic rings. The monoisotopic (exact) mass is 463 g/mol. The fourth-order valence-electron chi connectivity index (χ4n) is 4.49. The first-order valence-corrected chi connectivity index (χ1v) is 11.6. The number of carbonyl (C=O) groups is 1. The average molecular weight is 464 g/mol. The normalized spacial score (nSPS) is 15.4. The standard InChI is InChI=1S/C27H33N3O4/c1-18-8-6-9-19-14-20(26(29(2)3)28-25(18)19)16-30(17-22-10-7-13-34-22)27(31)23-15-21(32-4)11-12-24(23)33-5/h6,8-9,11-12,14-15,22H,7,10,13,16-17H2,1-5H3/t22-/m1/s1. The van der Waals surface area contributed by atoms with Gasteiger partial charge < -0.3 is 24.0 Å². The molecule has 1 aliphatic heterocycles. The van der Waals surface area contributed by atoms with Crippen molar-refractivity contribution in [2.75, 3.05) is 46.4 Å². The summed E-state index contributed by atoms with van der Waals surface area (Å²) in [4.78, 5) is 22.7. The van der Waals surface area contributed by atoms with E-state index in [1.165, 1.54) is 0 Å². The van der Waals surface area contributed by atoms with E-state index < -0.39 is 0 Å². The van der Waals surface area contributed by atoms with Crippen molar-refractivity contribution in [2.45, 2.75) is 32.4 Å². The number of aryl methyl sites for hydroxylation is 1.